The van der Waals surface area contributed by atoms with E-state index in [0.29, 0.717) is 0 Å². The van der Waals surface area contributed by atoms with E-state index >= 15 is 0 Å². The Morgan fingerprint density at radius 2 is 2.26 bits per heavy atom. The number of nitrogens with two attached hydrogens (primary N) is 1. The van der Waals surface area contributed by atoms with Gasteiger partial charge in [0, 0.05) is 6.04 Å². The number of hydrogen-bond acceptors (Lipinski definition) is 3. The Kier molecular flexibility index (Phi) is 5.46. The topological polar surface area (TPSA) is 42.4 Å². The predicted octanol–water partition coefficient (Wildman–Crippen LogP) is 3.57. The van der Waals surface area contributed by atoms with Crippen LogP contribution in [0.4, 0.5) is 0 Å². The highest BCUT2D eigenvalue weighted by Crippen LogP contribution is 2.29. The van der Waals surface area contributed by atoms with Crippen LogP contribution in [0.3, 0.4) is 0 Å². The van der Waals surface area contributed by atoms with E-state index in [1.165, 1.54) is 32.1 Å². The van der Waals surface area contributed by atoms with E-state index in [9.17, 15) is 0 Å². The quantitative estimate of drug-likeness (QED) is 0.884. The fourth-order valence-corrected chi connectivity index (χ4v) is 3.39. The third-order valence-electron chi connectivity index (χ3n) is 4.31. The number of likely N-dealkylation sites (tertiary alicyclic amines) is 1. The summed E-state index contributed by atoms with van der Waals surface area (Å²) in [6.45, 7) is 6.67. The van der Waals surface area contributed by atoms with E-state index in [0.717, 1.165) is 24.8 Å². The van der Waals surface area contributed by atoms with Crippen LogP contribution in [0.25, 0.3) is 0 Å². The molecule has 2 N–H and O–H groups in total. The van der Waals surface area contributed by atoms with Gasteiger partial charge in [0.05, 0.1) is 12.3 Å². The maximum absolute atomic E-state index is 6.20. The van der Waals surface area contributed by atoms with Gasteiger partial charge in [-0.1, -0.05) is 19.8 Å². The molecule has 0 aromatic carbocycles. The summed E-state index contributed by atoms with van der Waals surface area (Å²) >= 11 is 0. The Bertz CT molecular complexity index is 348. The van der Waals surface area contributed by atoms with Crippen LogP contribution in [0.2, 0.25) is 0 Å². The second-order valence-electron chi connectivity index (χ2n) is 5.94. The van der Waals surface area contributed by atoms with Crippen molar-refractivity contribution < 1.29 is 4.42 Å². The summed E-state index contributed by atoms with van der Waals surface area (Å²) < 4.78 is 5.60. The van der Waals surface area contributed by atoms with Gasteiger partial charge in [-0.2, -0.15) is 0 Å². The average molecular weight is 264 g/mol. The van der Waals surface area contributed by atoms with Crippen molar-refractivity contribution in [1.29, 1.82) is 0 Å². The minimum Gasteiger partial charge on any atom is -0.468 e. The lowest BCUT2D eigenvalue weighted by Crippen LogP contribution is -2.40. The van der Waals surface area contributed by atoms with Gasteiger partial charge < -0.3 is 10.2 Å². The van der Waals surface area contributed by atoms with Crippen LogP contribution in [-0.4, -0.2) is 24.0 Å². The van der Waals surface area contributed by atoms with Gasteiger partial charge in [-0.3, -0.25) is 4.90 Å². The van der Waals surface area contributed by atoms with Gasteiger partial charge in [0.1, 0.15) is 5.76 Å². The average Bonchev–Trinajstić information content (AvgIpc) is 2.79. The molecule has 0 radical (unpaired) electrons. The van der Waals surface area contributed by atoms with Crippen molar-refractivity contribution in [3.63, 3.8) is 0 Å². The monoisotopic (exact) mass is 264 g/mol. The van der Waals surface area contributed by atoms with Crippen molar-refractivity contribution in [3.8, 4) is 0 Å². The number of furan rings is 1. The Hall–Kier alpha value is -0.800. The summed E-state index contributed by atoms with van der Waals surface area (Å²) in [5.41, 5.74) is 6.20. The Morgan fingerprint density at radius 1 is 1.42 bits per heavy atom. The third-order valence-corrected chi connectivity index (χ3v) is 4.31. The largest absolute Gasteiger partial charge is 0.468 e. The van der Waals surface area contributed by atoms with Gasteiger partial charge in [0.2, 0.25) is 0 Å². The van der Waals surface area contributed by atoms with Gasteiger partial charge in [0.15, 0.2) is 0 Å². The van der Waals surface area contributed by atoms with E-state index in [-0.39, 0.29) is 12.1 Å². The highest BCUT2D eigenvalue weighted by Gasteiger charge is 2.28. The Balaban J connectivity index is 2.02. The van der Waals surface area contributed by atoms with Crippen LogP contribution in [0.1, 0.15) is 57.8 Å². The van der Waals surface area contributed by atoms with Crippen molar-refractivity contribution >= 4 is 0 Å². The fourth-order valence-electron chi connectivity index (χ4n) is 3.39. The summed E-state index contributed by atoms with van der Waals surface area (Å²) in [5.74, 6) is 1.92. The van der Waals surface area contributed by atoms with Gasteiger partial charge in [-0.25, -0.2) is 0 Å². The van der Waals surface area contributed by atoms with E-state index in [1.807, 2.05) is 6.07 Å². The van der Waals surface area contributed by atoms with Gasteiger partial charge in [-0.05, 0) is 57.3 Å². The Labute approximate surface area is 117 Å². The lowest BCUT2D eigenvalue weighted by Gasteiger charge is -2.32. The predicted molar refractivity (Wildman–Crippen MR) is 78.9 cm³/mol. The molecule has 19 heavy (non-hydrogen) atoms. The van der Waals surface area contributed by atoms with Crippen molar-refractivity contribution in [3.05, 3.63) is 24.2 Å². The van der Waals surface area contributed by atoms with Crippen LogP contribution in [-0.2, 0) is 0 Å². The van der Waals surface area contributed by atoms with Crippen molar-refractivity contribution in [2.45, 2.75) is 58.0 Å². The third kappa shape index (κ3) is 3.83. The minimum atomic E-state index is 0.105. The highest BCUT2D eigenvalue weighted by atomic mass is 16.3. The Morgan fingerprint density at radius 3 is 2.89 bits per heavy atom. The molecule has 2 heterocycles. The molecule has 0 saturated carbocycles. The van der Waals surface area contributed by atoms with Crippen LogP contribution < -0.4 is 5.73 Å². The molecule has 1 aliphatic rings. The lowest BCUT2D eigenvalue weighted by atomic mass is 9.96. The first kappa shape index (κ1) is 14.6. The molecule has 0 amide bonds. The first-order chi connectivity index (χ1) is 9.22. The first-order valence-corrected chi connectivity index (χ1v) is 7.75. The molecule has 0 aliphatic carbocycles. The van der Waals surface area contributed by atoms with Gasteiger partial charge in [0.25, 0.3) is 0 Å². The zero-order chi connectivity index (χ0) is 13.7. The molecule has 2 rings (SSSR count). The van der Waals surface area contributed by atoms with Crippen LogP contribution in [0.5, 0.6) is 0 Å². The molecule has 1 aromatic rings. The van der Waals surface area contributed by atoms with E-state index in [1.54, 1.807) is 6.26 Å². The molecule has 0 bridgehead atoms. The standard InChI is InChI=1S/C16H28N2O/c1-3-6-14-7-4-10-18(11-9-14)16(13(2)17)15-8-5-12-19-15/h5,8,12-14,16H,3-4,6-7,9-11,17H2,1-2H3. The molecule has 0 spiro atoms. The van der Waals surface area contributed by atoms with Gasteiger partial charge >= 0.3 is 0 Å². The number of hydrogen-bond donors (Lipinski definition) is 1. The normalized spacial score (nSPS) is 24.9. The number of rotatable bonds is 5. The molecule has 1 fully saturated rings. The SMILES string of the molecule is CCCC1CCCN(C(c2ccco2)C(C)N)CC1. The van der Waals surface area contributed by atoms with E-state index < -0.39 is 0 Å². The summed E-state index contributed by atoms with van der Waals surface area (Å²) in [4.78, 5) is 2.53. The molecule has 3 heteroatoms. The van der Waals surface area contributed by atoms with Crippen LogP contribution in [0, 0.1) is 5.92 Å². The molecular formula is C16H28N2O. The van der Waals surface area contributed by atoms with Crippen LogP contribution in [0.15, 0.2) is 22.8 Å². The van der Waals surface area contributed by atoms with Crippen molar-refractivity contribution in [1.82, 2.24) is 4.90 Å². The maximum Gasteiger partial charge on any atom is 0.122 e. The second kappa shape index (κ2) is 7.11. The fraction of sp³-hybridized carbons (Fsp3) is 0.750. The highest BCUT2D eigenvalue weighted by molar-refractivity contribution is 5.07. The zero-order valence-corrected chi connectivity index (χ0v) is 12.3. The van der Waals surface area contributed by atoms with Gasteiger partial charge in [-0.15, -0.1) is 0 Å². The molecule has 1 aromatic heterocycles. The van der Waals surface area contributed by atoms with Crippen LogP contribution >= 0.6 is 0 Å². The summed E-state index contributed by atoms with van der Waals surface area (Å²) in [5, 5.41) is 0. The first-order valence-electron chi connectivity index (χ1n) is 7.75. The zero-order valence-electron chi connectivity index (χ0n) is 12.3. The summed E-state index contributed by atoms with van der Waals surface area (Å²) in [7, 11) is 0. The summed E-state index contributed by atoms with van der Waals surface area (Å²) in [6.07, 6.45) is 8.39. The number of nitrogens with zero attached hydrogens (tertiary/aromatic N) is 1. The smallest absolute Gasteiger partial charge is 0.122 e. The summed E-state index contributed by atoms with van der Waals surface area (Å²) in [6, 6.07) is 4.36. The molecular weight excluding hydrogens is 236 g/mol. The molecule has 3 nitrogen and oxygen atoms in total. The molecule has 1 aliphatic heterocycles. The minimum absolute atomic E-state index is 0.105. The van der Waals surface area contributed by atoms with Crippen molar-refractivity contribution in [2.24, 2.45) is 11.7 Å². The molecule has 108 valence electrons. The van der Waals surface area contributed by atoms with E-state index in [4.69, 9.17) is 10.2 Å². The molecule has 3 unspecified atom stereocenters. The van der Waals surface area contributed by atoms with Crippen molar-refractivity contribution in [2.75, 3.05) is 13.1 Å². The van der Waals surface area contributed by atoms with E-state index in [2.05, 4.69) is 24.8 Å². The maximum atomic E-state index is 6.20. The molecule has 1 saturated heterocycles. The molecule has 3 atom stereocenters. The second-order valence-corrected chi connectivity index (χ2v) is 5.94. The lowest BCUT2D eigenvalue weighted by molar-refractivity contribution is 0.158.